The van der Waals surface area contributed by atoms with Crippen LogP contribution in [0.3, 0.4) is 0 Å². The van der Waals surface area contributed by atoms with Crippen LogP contribution in [0.2, 0.25) is 0 Å². The fourth-order valence-electron chi connectivity index (χ4n) is 4.45. The van der Waals surface area contributed by atoms with Crippen molar-refractivity contribution in [3.63, 3.8) is 0 Å². The lowest BCUT2D eigenvalue weighted by molar-refractivity contribution is -0.150. The average molecular weight is 375 g/mol. The van der Waals surface area contributed by atoms with Crippen molar-refractivity contribution in [3.8, 4) is 0 Å². The van der Waals surface area contributed by atoms with Crippen LogP contribution in [0.25, 0.3) is 0 Å². The fourth-order valence-corrected chi connectivity index (χ4v) is 4.45. The van der Waals surface area contributed by atoms with Crippen molar-refractivity contribution in [1.29, 1.82) is 0 Å². The Morgan fingerprint density at radius 1 is 1.19 bits per heavy atom. The molecule has 1 unspecified atom stereocenters. The zero-order valence-electron chi connectivity index (χ0n) is 15.5. The Bertz CT molecular complexity index is 720. The maximum atomic E-state index is 13.8. The van der Waals surface area contributed by atoms with E-state index in [1.807, 2.05) is 0 Å². The van der Waals surface area contributed by atoms with Gasteiger partial charge in [0.2, 0.25) is 5.91 Å². The molecule has 0 radical (unpaired) electrons. The second-order valence-electron chi connectivity index (χ2n) is 7.90. The maximum Gasteiger partial charge on any atom is 0.312 e. The largest absolute Gasteiger partial charge is 0.461 e. The Kier molecular flexibility index (Phi) is 5.14. The van der Waals surface area contributed by atoms with E-state index in [-0.39, 0.29) is 35.8 Å². The van der Waals surface area contributed by atoms with Gasteiger partial charge < -0.3 is 15.0 Å². The molecule has 3 aliphatic heterocycles. The van der Waals surface area contributed by atoms with E-state index in [1.165, 1.54) is 6.07 Å². The van der Waals surface area contributed by atoms with Gasteiger partial charge in [0, 0.05) is 38.2 Å². The zero-order chi connectivity index (χ0) is 18.9. The molecular formula is C20H26FN3O3. The summed E-state index contributed by atoms with van der Waals surface area (Å²) >= 11 is 0. The van der Waals surface area contributed by atoms with Crippen LogP contribution in [-0.4, -0.2) is 67.0 Å². The first kappa shape index (κ1) is 18.4. The van der Waals surface area contributed by atoms with Crippen LogP contribution < -0.4 is 5.32 Å². The number of benzene rings is 1. The molecule has 27 heavy (non-hydrogen) atoms. The van der Waals surface area contributed by atoms with Crippen LogP contribution in [-0.2, 0) is 20.9 Å². The minimum atomic E-state index is -0.327. The first-order valence-electron chi connectivity index (χ1n) is 9.71. The molecule has 6 nitrogen and oxygen atoms in total. The highest BCUT2D eigenvalue weighted by molar-refractivity contribution is 5.80. The van der Waals surface area contributed by atoms with E-state index in [1.54, 1.807) is 23.1 Å². The van der Waals surface area contributed by atoms with E-state index in [2.05, 4.69) is 10.2 Å². The third kappa shape index (κ3) is 3.84. The predicted molar refractivity (Wildman–Crippen MR) is 97.3 cm³/mol. The number of hydrogen-bond donors (Lipinski definition) is 1. The molecule has 1 amide bonds. The number of hydrogen-bond acceptors (Lipinski definition) is 5. The minimum absolute atomic E-state index is 0.00888. The van der Waals surface area contributed by atoms with Gasteiger partial charge in [0.25, 0.3) is 0 Å². The molecule has 3 heterocycles. The summed E-state index contributed by atoms with van der Waals surface area (Å²) in [6, 6.07) is 6.56. The van der Waals surface area contributed by atoms with Crippen LogP contribution in [0.4, 0.5) is 4.39 Å². The van der Waals surface area contributed by atoms with Gasteiger partial charge in [-0.3, -0.25) is 14.5 Å². The molecular weight excluding hydrogens is 349 g/mol. The van der Waals surface area contributed by atoms with Crippen LogP contribution in [0.5, 0.6) is 0 Å². The minimum Gasteiger partial charge on any atom is -0.461 e. The van der Waals surface area contributed by atoms with E-state index in [0.29, 0.717) is 31.7 Å². The first-order valence-corrected chi connectivity index (χ1v) is 9.71. The van der Waals surface area contributed by atoms with Gasteiger partial charge in [-0.1, -0.05) is 18.2 Å². The van der Waals surface area contributed by atoms with Crippen LogP contribution >= 0.6 is 0 Å². The Labute approximate surface area is 158 Å². The molecule has 146 valence electrons. The highest BCUT2D eigenvalue weighted by Gasteiger charge is 2.49. The number of nitrogens with zero attached hydrogens (tertiary/aromatic N) is 2. The number of cyclic esters (lactones) is 1. The molecule has 4 rings (SSSR count). The molecule has 7 heteroatoms. The van der Waals surface area contributed by atoms with Crippen molar-refractivity contribution in [2.45, 2.75) is 31.9 Å². The van der Waals surface area contributed by atoms with Crippen LogP contribution in [0, 0.1) is 11.2 Å². The summed E-state index contributed by atoms with van der Waals surface area (Å²) in [5.74, 6) is -0.359. The molecule has 1 N–H and O–H groups in total. The number of ether oxygens (including phenoxy) is 1. The number of carbonyl (C=O) groups is 2. The monoisotopic (exact) mass is 375 g/mol. The highest BCUT2D eigenvalue weighted by atomic mass is 19.1. The molecule has 1 spiro atoms. The number of carbonyl (C=O) groups excluding carboxylic acids is 2. The van der Waals surface area contributed by atoms with E-state index in [4.69, 9.17) is 4.74 Å². The normalized spacial score (nSPS) is 25.8. The SMILES string of the molecule is O=C1CN(CC2CC3(CCNCC3)C(=O)O2)CCN1Cc1ccccc1F. The molecule has 0 bridgehead atoms. The highest BCUT2D eigenvalue weighted by Crippen LogP contribution is 2.41. The standard InChI is InChI=1S/C20H26FN3O3/c21-17-4-2-1-3-15(17)12-24-10-9-23(14-18(24)25)13-16-11-20(19(26)27-16)5-7-22-8-6-20/h1-4,16,22H,5-14H2. The second-order valence-corrected chi connectivity index (χ2v) is 7.90. The maximum absolute atomic E-state index is 13.8. The number of amides is 1. The van der Waals surface area contributed by atoms with Gasteiger partial charge in [-0.15, -0.1) is 0 Å². The van der Waals surface area contributed by atoms with Gasteiger partial charge in [0.15, 0.2) is 0 Å². The summed E-state index contributed by atoms with van der Waals surface area (Å²) < 4.78 is 19.5. The quantitative estimate of drug-likeness (QED) is 0.800. The topological polar surface area (TPSA) is 61.9 Å². The number of piperidine rings is 1. The second kappa shape index (κ2) is 7.56. The molecule has 0 aliphatic carbocycles. The molecule has 3 fully saturated rings. The van der Waals surface area contributed by atoms with Crippen molar-refractivity contribution < 1.29 is 18.7 Å². The van der Waals surface area contributed by atoms with Crippen molar-refractivity contribution >= 4 is 11.9 Å². The number of piperazine rings is 1. The molecule has 0 saturated carbocycles. The van der Waals surface area contributed by atoms with E-state index >= 15 is 0 Å². The summed E-state index contributed by atoms with van der Waals surface area (Å²) in [4.78, 5) is 28.6. The molecule has 0 aromatic heterocycles. The summed E-state index contributed by atoms with van der Waals surface area (Å²) in [7, 11) is 0. The number of halogens is 1. The summed E-state index contributed by atoms with van der Waals surface area (Å²) in [6.45, 7) is 4.17. The number of esters is 1. The van der Waals surface area contributed by atoms with Crippen LogP contribution in [0.1, 0.15) is 24.8 Å². The van der Waals surface area contributed by atoms with E-state index in [0.717, 1.165) is 32.4 Å². The molecule has 3 aliphatic rings. The van der Waals surface area contributed by atoms with E-state index in [9.17, 15) is 14.0 Å². The lowest BCUT2D eigenvalue weighted by Gasteiger charge is -2.35. The Balaban J connectivity index is 1.31. The van der Waals surface area contributed by atoms with Crippen molar-refractivity contribution in [3.05, 3.63) is 35.6 Å². The predicted octanol–water partition coefficient (Wildman–Crippen LogP) is 1.16. The number of rotatable bonds is 4. The molecule has 3 saturated heterocycles. The Hall–Kier alpha value is -1.99. The third-order valence-corrected chi connectivity index (χ3v) is 6.06. The lowest BCUT2D eigenvalue weighted by atomic mass is 9.76. The van der Waals surface area contributed by atoms with Crippen LogP contribution in [0.15, 0.2) is 24.3 Å². The fraction of sp³-hybridized carbons (Fsp3) is 0.600. The molecule has 1 atom stereocenters. The number of nitrogens with one attached hydrogen (secondary N) is 1. The van der Waals surface area contributed by atoms with Gasteiger partial charge in [-0.25, -0.2) is 4.39 Å². The summed E-state index contributed by atoms with van der Waals surface area (Å²) in [6.07, 6.45) is 2.27. The lowest BCUT2D eigenvalue weighted by Crippen LogP contribution is -2.51. The van der Waals surface area contributed by atoms with Gasteiger partial charge in [-0.05, 0) is 32.0 Å². The Morgan fingerprint density at radius 3 is 2.70 bits per heavy atom. The average Bonchev–Trinajstić information content (AvgIpc) is 2.94. The van der Waals surface area contributed by atoms with Gasteiger partial charge >= 0.3 is 5.97 Å². The molecule has 1 aromatic carbocycles. The zero-order valence-corrected chi connectivity index (χ0v) is 15.5. The summed E-state index contributed by atoms with van der Waals surface area (Å²) in [5, 5.41) is 3.29. The smallest absolute Gasteiger partial charge is 0.312 e. The summed E-state index contributed by atoms with van der Waals surface area (Å²) in [5.41, 5.74) is 0.212. The molecule has 1 aromatic rings. The van der Waals surface area contributed by atoms with Crippen molar-refractivity contribution in [2.24, 2.45) is 5.41 Å². The van der Waals surface area contributed by atoms with Gasteiger partial charge in [0.1, 0.15) is 11.9 Å². The first-order chi connectivity index (χ1) is 13.1. The van der Waals surface area contributed by atoms with Crippen molar-refractivity contribution in [2.75, 3.05) is 39.3 Å². The van der Waals surface area contributed by atoms with Gasteiger partial charge in [-0.2, -0.15) is 0 Å². The van der Waals surface area contributed by atoms with Gasteiger partial charge in [0.05, 0.1) is 12.0 Å². The van der Waals surface area contributed by atoms with E-state index < -0.39 is 0 Å². The third-order valence-electron chi connectivity index (χ3n) is 6.06. The Morgan fingerprint density at radius 2 is 1.96 bits per heavy atom. The van der Waals surface area contributed by atoms with Crippen molar-refractivity contribution in [1.82, 2.24) is 15.1 Å².